The Labute approximate surface area is 106 Å². The molecule has 17 heavy (non-hydrogen) atoms. The van der Waals surface area contributed by atoms with Crippen molar-refractivity contribution in [2.75, 3.05) is 35.9 Å². The molecule has 0 fully saturated rings. The van der Waals surface area contributed by atoms with E-state index in [1.54, 1.807) is 23.9 Å². The molecule has 0 bridgehead atoms. The minimum Gasteiger partial charge on any atom is -0.493 e. The van der Waals surface area contributed by atoms with E-state index in [0.717, 1.165) is 11.5 Å². The van der Waals surface area contributed by atoms with E-state index in [1.165, 1.54) is 6.26 Å². The number of nitrogens with two attached hydrogens (primary N) is 1. The number of sulfone groups is 1. The first-order valence-corrected chi connectivity index (χ1v) is 8.43. The third kappa shape index (κ3) is 7.12. The zero-order chi connectivity index (χ0) is 12.7. The second-order valence-corrected chi connectivity index (χ2v) is 7.14. The van der Waals surface area contributed by atoms with Crippen molar-refractivity contribution < 1.29 is 13.2 Å². The summed E-state index contributed by atoms with van der Waals surface area (Å²) in [6.07, 6.45) is 1.25. The second-order valence-electron chi connectivity index (χ2n) is 3.66. The summed E-state index contributed by atoms with van der Waals surface area (Å²) in [5, 5.41) is 0. The Morgan fingerprint density at radius 1 is 1.24 bits per heavy atom. The van der Waals surface area contributed by atoms with E-state index in [1.807, 2.05) is 12.1 Å². The molecular formula is C11H17NO3S2. The van der Waals surface area contributed by atoms with Crippen molar-refractivity contribution in [2.45, 2.75) is 0 Å². The summed E-state index contributed by atoms with van der Waals surface area (Å²) < 4.78 is 27.2. The van der Waals surface area contributed by atoms with Crippen LogP contribution in [-0.4, -0.2) is 38.5 Å². The molecule has 0 radical (unpaired) electrons. The highest BCUT2D eigenvalue weighted by Gasteiger charge is 2.01. The maximum atomic E-state index is 10.9. The normalized spacial score (nSPS) is 11.4. The van der Waals surface area contributed by atoms with Crippen molar-refractivity contribution in [3.8, 4) is 5.75 Å². The standard InChI is InChI=1S/C11H17NO3S2/c1-17(13,14)9-8-16-7-6-15-11-4-2-10(12)3-5-11/h2-5H,6-9,12H2,1H3. The van der Waals surface area contributed by atoms with Crippen LogP contribution in [0, 0.1) is 0 Å². The molecule has 1 aromatic rings. The molecule has 0 aromatic heterocycles. The van der Waals surface area contributed by atoms with E-state index in [-0.39, 0.29) is 5.75 Å². The zero-order valence-corrected chi connectivity index (χ0v) is 11.4. The van der Waals surface area contributed by atoms with Crippen molar-refractivity contribution in [3.05, 3.63) is 24.3 Å². The minimum atomic E-state index is -2.84. The Hall–Kier alpha value is -0.880. The van der Waals surface area contributed by atoms with Gasteiger partial charge in [0.1, 0.15) is 15.6 Å². The van der Waals surface area contributed by atoms with Crippen LogP contribution in [0.4, 0.5) is 5.69 Å². The molecule has 0 amide bonds. The highest BCUT2D eigenvalue weighted by atomic mass is 32.2. The molecule has 1 aromatic carbocycles. The number of anilines is 1. The van der Waals surface area contributed by atoms with Gasteiger partial charge >= 0.3 is 0 Å². The Morgan fingerprint density at radius 3 is 2.47 bits per heavy atom. The molecule has 0 aliphatic carbocycles. The van der Waals surface area contributed by atoms with E-state index in [9.17, 15) is 8.42 Å². The lowest BCUT2D eigenvalue weighted by Crippen LogP contribution is -2.07. The van der Waals surface area contributed by atoms with Crippen LogP contribution in [0.25, 0.3) is 0 Å². The predicted octanol–water partition coefficient (Wildman–Crippen LogP) is 1.43. The smallest absolute Gasteiger partial charge is 0.148 e. The number of nitrogen functional groups attached to an aromatic ring is 1. The van der Waals surface area contributed by atoms with Gasteiger partial charge in [-0.1, -0.05) is 0 Å². The molecule has 0 heterocycles. The Bertz CT molecular complexity index is 429. The SMILES string of the molecule is CS(=O)(=O)CCSCCOc1ccc(N)cc1. The summed E-state index contributed by atoms with van der Waals surface area (Å²) in [5.41, 5.74) is 6.25. The first kappa shape index (κ1) is 14.2. The van der Waals surface area contributed by atoms with Gasteiger partial charge in [-0.3, -0.25) is 0 Å². The van der Waals surface area contributed by atoms with Crippen molar-refractivity contribution in [1.29, 1.82) is 0 Å². The number of benzene rings is 1. The molecule has 4 nitrogen and oxygen atoms in total. The molecule has 0 aliphatic heterocycles. The number of hydrogen-bond donors (Lipinski definition) is 1. The van der Waals surface area contributed by atoms with Gasteiger partial charge in [-0.2, -0.15) is 11.8 Å². The minimum absolute atomic E-state index is 0.222. The molecule has 0 unspecified atom stereocenters. The molecule has 0 aliphatic rings. The lowest BCUT2D eigenvalue weighted by Gasteiger charge is -2.05. The average Bonchev–Trinajstić information content (AvgIpc) is 2.24. The quantitative estimate of drug-likeness (QED) is 0.602. The number of thioether (sulfide) groups is 1. The summed E-state index contributed by atoms with van der Waals surface area (Å²) in [5.74, 6) is 2.39. The molecule has 2 N–H and O–H groups in total. The van der Waals surface area contributed by atoms with Crippen LogP contribution < -0.4 is 10.5 Å². The molecule has 0 spiro atoms. The van der Waals surface area contributed by atoms with Gasteiger partial charge in [0, 0.05) is 23.4 Å². The van der Waals surface area contributed by atoms with Crippen LogP contribution >= 0.6 is 11.8 Å². The lowest BCUT2D eigenvalue weighted by atomic mass is 10.3. The highest BCUT2D eigenvalue weighted by molar-refractivity contribution is 8.00. The molecule has 1 rings (SSSR count). The predicted molar refractivity (Wildman–Crippen MR) is 73.4 cm³/mol. The fraction of sp³-hybridized carbons (Fsp3) is 0.455. The van der Waals surface area contributed by atoms with Gasteiger partial charge in [-0.25, -0.2) is 8.42 Å². The summed E-state index contributed by atoms with van der Waals surface area (Å²) >= 11 is 1.57. The van der Waals surface area contributed by atoms with Gasteiger partial charge in [-0.05, 0) is 24.3 Å². The van der Waals surface area contributed by atoms with Crippen LogP contribution in [0.2, 0.25) is 0 Å². The summed E-state index contributed by atoms with van der Waals surface area (Å²) in [7, 11) is -2.84. The third-order valence-corrected chi connectivity index (χ3v) is 4.13. The summed E-state index contributed by atoms with van der Waals surface area (Å²) in [6, 6.07) is 7.20. The number of rotatable bonds is 7. The van der Waals surface area contributed by atoms with Gasteiger partial charge < -0.3 is 10.5 Å². The summed E-state index contributed by atoms with van der Waals surface area (Å²) in [6.45, 7) is 0.568. The Balaban J connectivity index is 2.10. The molecule has 96 valence electrons. The molecule has 6 heteroatoms. The van der Waals surface area contributed by atoms with Crippen molar-refractivity contribution in [1.82, 2.24) is 0 Å². The first-order valence-electron chi connectivity index (χ1n) is 5.21. The molecule has 0 saturated heterocycles. The fourth-order valence-electron chi connectivity index (χ4n) is 1.09. The van der Waals surface area contributed by atoms with Crippen LogP contribution in [0.1, 0.15) is 0 Å². The van der Waals surface area contributed by atoms with Crippen molar-refractivity contribution in [3.63, 3.8) is 0 Å². The number of ether oxygens (including phenoxy) is 1. The van der Waals surface area contributed by atoms with E-state index in [4.69, 9.17) is 10.5 Å². The third-order valence-electron chi connectivity index (χ3n) is 1.97. The maximum Gasteiger partial charge on any atom is 0.148 e. The summed E-state index contributed by atoms with van der Waals surface area (Å²) in [4.78, 5) is 0. The van der Waals surface area contributed by atoms with Crippen LogP contribution in [0.3, 0.4) is 0 Å². The zero-order valence-electron chi connectivity index (χ0n) is 9.76. The topological polar surface area (TPSA) is 69.4 Å². The van der Waals surface area contributed by atoms with Gasteiger partial charge in [0.25, 0.3) is 0 Å². The van der Waals surface area contributed by atoms with Crippen molar-refractivity contribution >= 4 is 27.3 Å². The highest BCUT2D eigenvalue weighted by Crippen LogP contribution is 2.13. The van der Waals surface area contributed by atoms with E-state index >= 15 is 0 Å². The monoisotopic (exact) mass is 275 g/mol. The van der Waals surface area contributed by atoms with E-state index in [0.29, 0.717) is 18.0 Å². The van der Waals surface area contributed by atoms with Gasteiger partial charge in [0.2, 0.25) is 0 Å². The fourth-order valence-corrected chi connectivity index (χ4v) is 3.18. The molecule has 0 atom stereocenters. The van der Waals surface area contributed by atoms with Crippen LogP contribution in [0.15, 0.2) is 24.3 Å². The van der Waals surface area contributed by atoms with E-state index in [2.05, 4.69) is 0 Å². The van der Waals surface area contributed by atoms with Gasteiger partial charge in [0.05, 0.1) is 12.4 Å². The Morgan fingerprint density at radius 2 is 1.88 bits per heavy atom. The largest absolute Gasteiger partial charge is 0.493 e. The van der Waals surface area contributed by atoms with Crippen LogP contribution in [-0.2, 0) is 9.84 Å². The average molecular weight is 275 g/mol. The van der Waals surface area contributed by atoms with Gasteiger partial charge in [0.15, 0.2) is 0 Å². The Kier molecular flexibility index (Phi) is 5.64. The van der Waals surface area contributed by atoms with Crippen molar-refractivity contribution in [2.24, 2.45) is 0 Å². The molecular weight excluding hydrogens is 258 g/mol. The number of hydrogen-bond acceptors (Lipinski definition) is 5. The second kappa shape index (κ2) is 6.76. The van der Waals surface area contributed by atoms with E-state index < -0.39 is 9.84 Å². The van der Waals surface area contributed by atoms with Crippen LogP contribution in [0.5, 0.6) is 5.75 Å². The molecule has 0 saturated carbocycles. The lowest BCUT2D eigenvalue weighted by molar-refractivity contribution is 0.344. The van der Waals surface area contributed by atoms with Gasteiger partial charge in [-0.15, -0.1) is 0 Å². The first-order chi connectivity index (χ1) is 7.97. The maximum absolute atomic E-state index is 10.9.